The number of hydrogen-bond acceptors (Lipinski definition) is 7. The van der Waals surface area contributed by atoms with Crippen molar-refractivity contribution in [3.8, 4) is 34.8 Å². The molecule has 1 aliphatic carbocycles. The van der Waals surface area contributed by atoms with E-state index in [4.69, 9.17) is 28.4 Å². The molecule has 0 heterocycles. The first-order valence-electron chi connectivity index (χ1n) is 11.1. The summed E-state index contributed by atoms with van der Waals surface area (Å²) in [5, 5.41) is 9.77. The summed E-state index contributed by atoms with van der Waals surface area (Å²) in [5.74, 6) is 3.11. The molecule has 1 aliphatic rings. The van der Waals surface area contributed by atoms with Crippen LogP contribution in [0.5, 0.6) is 28.7 Å². The van der Waals surface area contributed by atoms with Crippen molar-refractivity contribution in [3.63, 3.8) is 0 Å². The van der Waals surface area contributed by atoms with Gasteiger partial charge in [0.25, 0.3) is 0 Å². The van der Waals surface area contributed by atoms with Crippen LogP contribution in [0, 0.1) is 11.3 Å². The molecule has 3 atom stereocenters. The van der Waals surface area contributed by atoms with Crippen molar-refractivity contribution < 1.29 is 28.4 Å². The zero-order valence-electron chi connectivity index (χ0n) is 20.3. The highest BCUT2D eigenvalue weighted by Crippen LogP contribution is 2.50. The summed E-state index contributed by atoms with van der Waals surface area (Å²) in [6.07, 6.45) is 2.58. The van der Waals surface area contributed by atoms with Crippen LogP contribution >= 0.6 is 0 Å². The molecular formula is C26H33NO6. The molecule has 0 radical (unpaired) electrons. The van der Waals surface area contributed by atoms with Gasteiger partial charge >= 0.3 is 0 Å². The number of ether oxygens (including phenoxy) is 6. The zero-order chi connectivity index (χ0) is 24.0. The fourth-order valence-electron chi connectivity index (χ4n) is 4.75. The van der Waals surface area contributed by atoms with Gasteiger partial charge in [0.15, 0.2) is 23.0 Å². The standard InChI is InChI=1S/C26H33NO6/c1-7-10-33-24-18(15-27)11-16(12-21(24)28-2)19-8-9-20(25(19)31-5)17-13-22(29-3)26(32-6)23(14-17)30-4/h11-14,19-20,25H,7-10H2,1-6H3. The Labute approximate surface area is 196 Å². The summed E-state index contributed by atoms with van der Waals surface area (Å²) in [7, 11) is 8.15. The Morgan fingerprint density at radius 1 is 0.788 bits per heavy atom. The fourth-order valence-corrected chi connectivity index (χ4v) is 4.75. The topological polar surface area (TPSA) is 79.2 Å². The molecule has 0 saturated heterocycles. The third-order valence-electron chi connectivity index (χ3n) is 6.27. The number of methoxy groups -OCH3 is 5. The van der Waals surface area contributed by atoms with E-state index in [2.05, 4.69) is 6.07 Å². The quantitative estimate of drug-likeness (QED) is 0.495. The van der Waals surface area contributed by atoms with Crippen LogP contribution in [-0.4, -0.2) is 48.3 Å². The highest BCUT2D eigenvalue weighted by Gasteiger charge is 2.39. The minimum Gasteiger partial charge on any atom is -0.493 e. The highest BCUT2D eigenvalue weighted by molar-refractivity contribution is 5.57. The molecule has 0 bridgehead atoms. The van der Waals surface area contributed by atoms with Crippen molar-refractivity contribution in [2.24, 2.45) is 0 Å². The van der Waals surface area contributed by atoms with Gasteiger partial charge in [0, 0.05) is 18.9 Å². The molecule has 33 heavy (non-hydrogen) atoms. The monoisotopic (exact) mass is 455 g/mol. The number of nitrogens with zero attached hydrogens (tertiary/aromatic N) is 1. The second kappa shape index (κ2) is 11.2. The lowest BCUT2D eigenvalue weighted by atomic mass is 9.88. The molecule has 0 aliphatic heterocycles. The predicted molar refractivity (Wildman–Crippen MR) is 125 cm³/mol. The molecule has 2 aromatic carbocycles. The Hall–Kier alpha value is -3.11. The van der Waals surface area contributed by atoms with Gasteiger partial charge in [0.05, 0.1) is 46.7 Å². The maximum absolute atomic E-state index is 9.77. The zero-order valence-corrected chi connectivity index (χ0v) is 20.3. The summed E-state index contributed by atoms with van der Waals surface area (Å²) < 4.78 is 34.0. The molecule has 3 rings (SSSR count). The third-order valence-corrected chi connectivity index (χ3v) is 6.27. The van der Waals surface area contributed by atoms with Gasteiger partial charge in [-0.3, -0.25) is 0 Å². The molecule has 0 N–H and O–H groups in total. The molecular weight excluding hydrogens is 422 g/mol. The lowest BCUT2D eigenvalue weighted by molar-refractivity contribution is 0.0805. The van der Waals surface area contributed by atoms with Gasteiger partial charge in [-0.2, -0.15) is 5.26 Å². The molecule has 3 unspecified atom stereocenters. The van der Waals surface area contributed by atoms with Crippen molar-refractivity contribution >= 4 is 0 Å². The third kappa shape index (κ3) is 4.81. The molecule has 0 aromatic heterocycles. The Bertz CT molecular complexity index is 974. The fraction of sp³-hybridized carbons (Fsp3) is 0.500. The van der Waals surface area contributed by atoms with Gasteiger partial charge in [-0.15, -0.1) is 0 Å². The second-order valence-electron chi connectivity index (χ2n) is 8.01. The Balaban J connectivity index is 2.00. The summed E-state index contributed by atoms with van der Waals surface area (Å²) in [4.78, 5) is 0. The van der Waals surface area contributed by atoms with E-state index in [1.165, 1.54) is 0 Å². The normalized spacial score (nSPS) is 19.6. The summed E-state index contributed by atoms with van der Waals surface area (Å²) in [6.45, 7) is 2.55. The Morgan fingerprint density at radius 3 is 1.73 bits per heavy atom. The maximum atomic E-state index is 9.77. The maximum Gasteiger partial charge on any atom is 0.203 e. The van der Waals surface area contributed by atoms with Crippen LogP contribution in [-0.2, 0) is 4.74 Å². The Kier molecular flexibility index (Phi) is 8.29. The number of nitriles is 1. The average molecular weight is 456 g/mol. The van der Waals surface area contributed by atoms with Gasteiger partial charge in [-0.1, -0.05) is 6.92 Å². The summed E-state index contributed by atoms with van der Waals surface area (Å²) in [5.41, 5.74) is 2.55. The summed E-state index contributed by atoms with van der Waals surface area (Å²) >= 11 is 0. The van der Waals surface area contributed by atoms with E-state index in [0.29, 0.717) is 40.9 Å². The summed E-state index contributed by atoms with van der Waals surface area (Å²) in [6, 6.07) is 10.1. The van der Waals surface area contributed by atoms with Crippen LogP contribution in [0.15, 0.2) is 24.3 Å². The van der Waals surface area contributed by atoms with Crippen molar-refractivity contribution in [1.82, 2.24) is 0 Å². The first-order chi connectivity index (χ1) is 16.1. The average Bonchev–Trinajstić information content (AvgIpc) is 3.30. The van der Waals surface area contributed by atoms with Crippen molar-refractivity contribution in [3.05, 3.63) is 41.0 Å². The van der Waals surface area contributed by atoms with E-state index >= 15 is 0 Å². The number of benzene rings is 2. The van der Waals surface area contributed by atoms with Crippen LogP contribution < -0.4 is 23.7 Å². The minimum atomic E-state index is -0.0912. The van der Waals surface area contributed by atoms with Crippen molar-refractivity contribution in [1.29, 1.82) is 5.26 Å². The molecule has 7 heteroatoms. The largest absolute Gasteiger partial charge is 0.493 e. The van der Waals surface area contributed by atoms with Crippen LogP contribution in [0.25, 0.3) is 0 Å². The second-order valence-corrected chi connectivity index (χ2v) is 8.01. The van der Waals surface area contributed by atoms with E-state index in [1.807, 2.05) is 31.2 Å². The first kappa shape index (κ1) is 24.5. The van der Waals surface area contributed by atoms with Crippen molar-refractivity contribution in [2.45, 2.75) is 44.1 Å². The van der Waals surface area contributed by atoms with Gasteiger partial charge < -0.3 is 28.4 Å². The van der Waals surface area contributed by atoms with Crippen LogP contribution in [0.4, 0.5) is 0 Å². The molecule has 178 valence electrons. The van der Waals surface area contributed by atoms with E-state index in [1.54, 1.807) is 35.5 Å². The SMILES string of the molecule is CCCOc1c(C#N)cc(C2CCC(c3cc(OC)c(OC)c(OC)c3)C2OC)cc1OC. The lowest BCUT2D eigenvalue weighted by Gasteiger charge is -2.26. The van der Waals surface area contributed by atoms with Gasteiger partial charge in [-0.25, -0.2) is 0 Å². The van der Waals surface area contributed by atoms with Gasteiger partial charge in [-0.05, 0) is 54.7 Å². The minimum absolute atomic E-state index is 0.0912. The first-order valence-corrected chi connectivity index (χ1v) is 11.1. The molecule has 0 spiro atoms. The van der Waals surface area contributed by atoms with E-state index in [0.717, 1.165) is 30.4 Å². The smallest absolute Gasteiger partial charge is 0.203 e. The van der Waals surface area contributed by atoms with Crippen LogP contribution in [0.1, 0.15) is 54.7 Å². The molecule has 1 fully saturated rings. The van der Waals surface area contributed by atoms with E-state index in [9.17, 15) is 5.26 Å². The number of rotatable bonds is 10. The predicted octanol–water partition coefficient (Wildman–Crippen LogP) is 5.06. The van der Waals surface area contributed by atoms with E-state index < -0.39 is 0 Å². The van der Waals surface area contributed by atoms with E-state index in [-0.39, 0.29) is 17.9 Å². The Morgan fingerprint density at radius 2 is 1.30 bits per heavy atom. The molecule has 1 saturated carbocycles. The van der Waals surface area contributed by atoms with Crippen LogP contribution in [0.3, 0.4) is 0 Å². The lowest BCUT2D eigenvalue weighted by Crippen LogP contribution is -2.21. The highest BCUT2D eigenvalue weighted by atomic mass is 16.5. The number of hydrogen-bond donors (Lipinski definition) is 0. The van der Waals surface area contributed by atoms with Crippen molar-refractivity contribution in [2.75, 3.05) is 42.2 Å². The van der Waals surface area contributed by atoms with Gasteiger partial charge in [0.2, 0.25) is 5.75 Å². The molecule has 7 nitrogen and oxygen atoms in total. The molecule has 2 aromatic rings. The molecule has 0 amide bonds. The van der Waals surface area contributed by atoms with Gasteiger partial charge in [0.1, 0.15) is 6.07 Å². The van der Waals surface area contributed by atoms with Crippen LogP contribution in [0.2, 0.25) is 0 Å².